The van der Waals surface area contributed by atoms with E-state index >= 15 is 0 Å². The van der Waals surface area contributed by atoms with E-state index in [-0.39, 0.29) is 22.3 Å². The van der Waals surface area contributed by atoms with Crippen LogP contribution in [0, 0.1) is 17.0 Å². The van der Waals surface area contributed by atoms with Gasteiger partial charge < -0.3 is 10.2 Å². The fraction of sp³-hybridized carbons (Fsp3) is 0.200. The van der Waals surface area contributed by atoms with Gasteiger partial charge in [0.2, 0.25) is 5.91 Å². The molecule has 0 aliphatic heterocycles. The quantitative estimate of drug-likeness (QED) is 0.602. The zero-order valence-corrected chi connectivity index (χ0v) is 15.3. The molecular weight excluding hydrogens is 398 g/mol. The van der Waals surface area contributed by atoms with Crippen LogP contribution in [-0.2, 0) is 4.79 Å². The van der Waals surface area contributed by atoms with E-state index in [0.717, 1.165) is 21.4 Å². The van der Waals surface area contributed by atoms with Gasteiger partial charge in [0.15, 0.2) is 0 Å². The summed E-state index contributed by atoms with van der Waals surface area (Å²) in [6.45, 7) is 1.71. The van der Waals surface area contributed by atoms with Crippen LogP contribution < -0.4 is 5.32 Å². The number of rotatable bonds is 5. The Kier molecular flexibility index (Phi) is 5.68. The fourth-order valence-corrected chi connectivity index (χ4v) is 3.26. The molecule has 0 saturated heterocycles. The molecule has 0 bridgehead atoms. The molecule has 2 amide bonds. The SMILES string of the molecule is Cc1cc(Br)ccc1NC(=O)CN(C)C(=O)c1ccc([N+](=O)[O-])s1. The number of carbonyl (C=O) groups is 2. The summed E-state index contributed by atoms with van der Waals surface area (Å²) in [5.74, 6) is -0.780. The van der Waals surface area contributed by atoms with Crippen LogP contribution in [0.3, 0.4) is 0 Å². The van der Waals surface area contributed by atoms with Gasteiger partial charge in [0, 0.05) is 23.3 Å². The molecule has 1 aromatic carbocycles. The molecule has 0 aliphatic carbocycles. The third kappa shape index (κ3) is 4.39. The summed E-state index contributed by atoms with van der Waals surface area (Å²) < 4.78 is 0.907. The number of anilines is 1. The Balaban J connectivity index is 1.99. The Labute approximate surface area is 150 Å². The monoisotopic (exact) mass is 411 g/mol. The summed E-state index contributed by atoms with van der Waals surface area (Å²) in [6.07, 6.45) is 0. The van der Waals surface area contributed by atoms with Gasteiger partial charge in [-0.05, 0) is 36.8 Å². The number of likely N-dealkylation sites (N-methyl/N-ethyl adjacent to an activating group) is 1. The number of amides is 2. The highest BCUT2D eigenvalue weighted by atomic mass is 79.9. The first kappa shape index (κ1) is 18.1. The number of nitro groups is 1. The van der Waals surface area contributed by atoms with Crippen molar-refractivity contribution in [1.82, 2.24) is 4.90 Å². The summed E-state index contributed by atoms with van der Waals surface area (Å²) in [5, 5.41) is 13.3. The third-order valence-corrected chi connectivity index (χ3v) is 4.69. The molecule has 24 heavy (non-hydrogen) atoms. The summed E-state index contributed by atoms with van der Waals surface area (Å²) in [5.41, 5.74) is 1.55. The van der Waals surface area contributed by atoms with Crippen LogP contribution >= 0.6 is 27.3 Å². The molecule has 0 saturated carbocycles. The smallest absolute Gasteiger partial charge is 0.324 e. The molecule has 7 nitrogen and oxygen atoms in total. The van der Waals surface area contributed by atoms with Gasteiger partial charge in [0.05, 0.1) is 16.3 Å². The van der Waals surface area contributed by atoms with E-state index in [1.807, 2.05) is 19.1 Å². The van der Waals surface area contributed by atoms with Crippen molar-refractivity contribution in [2.75, 3.05) is 18.9 Å². The third-order valence-electron chi connectivity index (χ3n) is 3.17. The van der Waals surface area contributed by atoms with Crippen LogP contribution in [0.15, 0.2) is 34.8 Å². The fourth-order valence-electron chi connectivity index (χ4n) is 1.97. The molecule has 2 rings (SSSR count). The highest BCUT2D eigenvalue weighted by Gasteiger charge is 2.20. The molecule has 1 N–H and O–H groups in total. The molecule has 0 atom stereocenters. The van der Waals surface area contributed by atoms with Crippen molar-refractivity contribution in [2.24, 2.45) is 0 Å². The number of carbonyl (C=O) groups excluding carboxylic acids is 2. The Morgan fingerprint density at radius 3 is 2.62 bits per heavy atom. The number of nitrogens with one attached hydrogen (secondary N) is 1. The Hall–Kier alpha value is -2.26. The second kappa shape index (κ2) is 7.54. The highest BCUT2D eigenvalue weighted by molar-refractivity contribution is 9.10. The van der Waals surface area contributed by atoms with Crippen LogP contribution in [0.25, 0.3) is 0 Å². The van der Waals surface area contributed by atoms with Crippen molar-refractivity contribution in [3.63, 3.8) is 0 Å². The lowest BCUT2D eigenvalue weighted by Crippen LogP contribution is -2.34. The van der Waals surface area contributed by atoms with E-state index in [0.29, 0.717) is 5.69 Å². The molecule has 0 fully saturated rings. The predicted octanol–water partition coefficient (Wildman–Crippen LogP) is 3.44. The average molecular weight is 412 g/mol. The zero-order chi connectivity index (χ0) is 17.9. The average Bonchev–Trinajstić information content (AvgIpc) is 2.99. The van der Waals surface area contributed by atoms with Gasteiger partial charge in [0.25, 0.3) is 5.91 Å². The first-order valence-electron chi connectivity index (χ1n) is 6.83. The standard InChI is InChI=1S/C15H14BrN3O4S/c1-9-7-10(16)3-4-11(9)17-13(20)8-18(2)15(21)12-5-6-14(24-12)19(22)23/h3-7H,8H2,1-2H3,(H,17,20). The number of aryl methyl sites for hydroxylation is 1. The normalized spacial score (nSPS) is 10.3. The van der Waals surface area contributed by atoms with Gasteiger partial charge in [-0.2, -0.15) is 0 Å². The topological polar surface area (TPSA) is 92.6 Å². The van der Waals surface area contributed by atoms with Gasteiger partial charge in [-0.3, -0.25) is 19.7 Å². The van der Waals surface area contributed by atoms with E-state index in [2.05, 4.69) is 21.2 Å². The minimum absolute atomic E-state index is 0.110. The van der Waals surface area contributed by atoms with E-state index in [1.165, 1.54) is 24.1 Å². The minimum atomic E-state index is -0.551. The second-order valence-electron chi connectivity index (χ2n) is 5.06. The molecule has 1 aromatic heterocycles. The Morgan fingerprint density at radius 1 is 1.33 bits per heavy atom. The molecule has 126 valence electrons. The maximum absolute atomic E-state index is 12.2. The van der Waals surface area contributed by atoms with E-state index in [1.54, 1.807) is 6.07 Å². The van der Waals surface area contributed by atoms with Gasteiger partial charge in [-0.15, -0.1) is 0 Å². The number of hydrogen-bond donors (Lipinski definition) is 1. The molecule has 1 heterocycles. The Bertz CT molecular complexity index is 806. The second-order valence-corrected chi connectivity index (χ2v) is 7.04. The molecule has 9 heteroatoms. The summed E-state index contributed by atoms with van der Waals surface area (Å²) in [4.78, 5) is 35.9. The van der Waals surface area contributed by atoms with Crippen molar-refractivity contribution in [2.45, 2.75) is 6.92 Å². The van der Waals surface area contributed by atoms with Gasteiger partial charge in [0.1, 0.15) is 0 Å². The number of benzene rings is 1. The molecule has 0 aliphatic rings. The maximum atomic E-state index is 12.2. The summed E-state index contributed by atoms with van der Waals surface area (Å²) in [6, 6.07) is 8.11. The summed E-state index contributed by atoms with van der Waals surface area (Å²) in [7, 11) is 1.47. The van der Waals surface area contributed by atoms with Crippen molar-refractivity contribution in [1.29, 1.82) is 0 Å². The van der Waals surface area contributed by atoms with Gasteiger partial charge in [-0.25, -0.2) is 0 Å². The van der Waals surface area contributed by atoms with E-state index in [4.69, 9.17) is 0 Å². The van der Waals surface area contributed by atoms with Crippen molar-refractivity contribution < 1.29 is 14.5 Å². The van der Waals surface area contributed by atoms with Crippen molar-refractivity contribution in [3.05, 3.63) is 55.4 Å². The molecule has 0 unspecified atom stereocenters. The predicted molar refractivity (Wildman–Crippen MR) is 95.4 cm³/mol. The number of thiophene rings is 1. The van der Waals surface area contributed by atoms with Crippen molar-refractivity contribution >= 4 is 49.8 Å². The number of halogens is 1. The molecule has 2 aromatic rings. The molecular formula is C15H14BrN3O4S. The van der Waals surface area contributed by atoms with Crippen molar-refractivity contribution in [3.8, 4) is 0 Å². The van der Waals surface area contributed by atoms with Crippen LogP contribution in [0.5, 0.6) is 0 Å². The van der Waals surface area contributed by atoms with E-state index in [9.17, 15) is 19.7 Å². The lowest BCUT2D eigenvalue weighted by molar-refractivity contribution is -0.380. The van der Waals surface area contributed by atoms with Gasteiger partial charge >= 0.3 is 5.00 Å². The highest BCUT2D eigenvalue weighted by Crippen LogP contribution is 2.25. The van der Waals surface area contributed by atoms with Crippen LogP contribution in [0.4, 0.5) is 10.7 Å². The number of nitrogens with zero attached hydrogens (tertiary/aromatic N) is 2. The van der Waals surface area contributed by atoms with Crippen LogP contribution in [-0.4, -0.2) is 35.2 Å². The minimum Gasteiger partial charge on any atom is -0.332 e. The maximum Gasteiger partial charge on any atom is 0.324 e. The lowest BCUT2D eigenvalue weighted by Gasteiger charge is -2.16. The largest absolute Gasteiger partial charge is 0.332 e. The first-order valence-corrected chi connectivity index (χ1v) is 8.44. The van der Waals surface area contributed by atoms with E-state index < -0.39 is 10.8 Å². The number of hydrogen-bond acceptors (Lipinski definition) is 5. The molecule has 0 radical (unpaired) electrons. The zero-order valence-electron chi connectivity index (χ0n) is 12.9. The lowest BCUT2D eigenvalue weighted by atomic mass is 10.2. The molecule has 0 spiro atoms. The first-order chi connectivity index (χ1) is 11.3. The summed E-state index contributed by atoms with van der Waals surface area (Å²) >= 11 is 4.13. The van der Waals surface area contributed by atoms with Crippen LogP contribution in [0.2, 0.25) is 0 Å². The van der Waals surface area contributed by atoms with Gasteiger partial charge in [-0.1, -0.05) is 27.3 Å². The van der Waals surface area contributed by atoms with Crippen LogP contribution in [0.1, 0.15) is 15.2 Å². The Morgan fingerprint density at radius 2 is 2.04 bits per heavy atom.